The van der Waals surface area contributed by atoms with E-state index in [-0.39, 0.29) is 12.4 Å². The Balaban J connectivity index is 0.000000845. The molecule has 1 saturated carbocycles. The van der Waals surface area contributed by atoms with Crippen LogP contribution in [0.15, 0.2) is 12.7 Å². The van der Waals surface area contributed by atoms with Crippen LogP contribution in [0.3, 0.4) is 0 Å². The zero-order chi connectivity index (χ0) is 8.39. The standard InChI is InChI=1S/C8H14N4.ClH/c9-7-1-3-8(4-2-7)12-6-10-5-11-12;/h5-8H,1-4,9H2;1H/t7-,8-;. The molecule has 0 aromatic carbocycles. The molecule has 0 atom stereocenters. The first-order chi connectivity index (χ1) is 5.86. The average molecular weight is 203 g/mol. The van der Waals surface area contributed by atoms with E-state index in [0.717, 1.165) is 25.7 Å². The van der Waals surface area contributed by atoms with Gasteiger partial charge in [-0.2, -0.15) is 5.10 Å². The highest BCUT2D eigenvalue weighted by atomic mass is 35.5. The Kier molecular flexibility index (Phi) is 3.69. The molecule has 4 nitrogen and oxygen atoms in total. The lowest BCUT2D eigenvalue weighted by Crippen LogP contribution is -2.27. The van der Waals surface area contributed by atoms with Crippen molar-refractivity contribution in [1.82, 2.24) is 14.8 Å². The zero-order valence-electron chi connectivity index (χ0n) is 7.47. The first kappa shape index (κ1) is 10.5. The highest BCUT2D eigenvalue weighted by Crippen LogP contribution is 2.26. The molecule has 0 saturated heterocycles. The first-order valence-electron chi connectivity index (χ1n) is 4.46. The maximum Gasteiger partial charge on any atom is 0.137 e. The van der Waals surface area contributed by atoms with Gasteiger partial charge in [-0.25, -0.2) is 9.67 Å². The van der Waals surface area contributed by atoms with E-state index < -0.39 is 0 Å². The lowest BCUT2D eigenvalue weighted by Gasteiger charge is -2.25. The number of rotatable bonds is 1. The van der Waals surface area contributed by atoms with E-state index in [2.05, 4.69) is 10.1 Å². The Bertz CT molecular complexity index is 228. The molecule has 2 rings (SSSR count). The number of hydrogen-bond acceptors (Lipinski definition) is 3. The van der Waals surface area contributed by atoms with Gasteiger partial charge < -0.3 is 5.73 Å². The molecule has 74 valence electrons. The Morgan fingerprint density at radius 1 is 1.23 bits per heavy atom. The van der Waals surface area contributed by atoms with Gasteiger partial charge >= 0.3 is 0 Å². The fourth-order valence-electron chi connectivity index (χ4n) is 1.77. The number of aromatic nitrogens is 3. The molecule has 0 radical (unpaired) electrons. The summed E-state index contributed by atoms with van der Waals surface area (Å²) in [6, 6.07) is 0.942. The molecular formula is C8H15ClN4. The SMILES string of the molecule is Cl.N[C@H]1CC[C@H](n2cncn2)CC1. The van der Waals surface area contributed by atoms with Crippen molar-refractivity contribution < 1.29 is 0 Å². The van der Waals surface area contributed by atoms with Gasteiger partial charge in [-0.15, -0.1) is 12.4 Å². The molecule has 0 bridgehead atoms. The average Bonchev–Trinajstić information content (AvgIpc) is 2.58. The summed E-state index contributed by atoms with van der Waals surface area (Å²) >= 11 is 0. The van der Waals surface area contributed by atoms with Gasteiger partial charge in [0, 0.05) is 6.04 Å². The minimum Gasteiger partial charge on any atom is -0.328 e. The topological polar surface area (TPSA) is 56.7 Å². The molecule has 1 aromatic heterocycles. The quantitative estimate of drug-likeness (QED) is 0.743. The van der Waals surface area contributed by atoms with Crippen LogP contribution in [-0.2, 0) is 0 Å². The summed E-state index contributed by atoms with van der Waals surface area (Å²) in [5, 5.41) is 4.13. The van der Waals surface area contributed by atoms with Crippen LogP contribution in [0.2, 0.25) is 0 Å². The normalized spacial score (nSPS) is 28.1. The second-order valence-corrected chi connectivity index (χ2v) is 3.44. The van der Waals surface area contributed by atoms with Crippen molar-refractivity contribution in [2.24, 2.45) is 5.73 Å². The van der Waals surface area contributed by atoms with Crippen LogP contribution in [0.25, 0.3) is 0 Å². The number of halogens is 1. The molecule has 2 N–H and O–H groups in total. The Labute approximate surface area is 83.9 Å². The summed E-state index contributed by atoms with van der Waals surface area (Å²) in [6.45, 7) is 0. The summed E-state index contributed by atoms with van der Waals surface area (Å²) in [5.41, 5.74) is 5.81. The molecule has 0 aliphatic heterocycles. The third-order valence-corrected chi connectivity index (χ3v) is 2.55. The van der Waals surface area contributed by atoms with Crippen LogP contribution in [0.1, 0.15) is 31.7 Å². The van der Waals surface area contributed by atoms with Crippen molar-refractivity contribution in [3.05, 3.63) is 12.7 Å². The predicted molar refractivity (Wildman–Crippen MR) is 52.8 cm³/mol. The molecule has 1 heterocycles. The monoisotopic (exact) mass is 202 g/mol. The van der Waals surface area contributed by atoms with E-state index in [0.29, 0.717) is 12.1 Å². The summed E-state index contributed by atoms with van der Waals surface area (Å²) < 4.78 is 1.95. The zero-order valence-corrected chi connectivity index (χ0v) is 8.28. The van der Waals surface area contributed by atoms with Gasteiger partial charge in [0.2, 0.25) is 0 Å². The number of nitrogens with zero attached hydrogens (tertiary/aromatic N) is 3. The molecule has 1 aliphatic rings. The van der Waals surface area contributed by atoms with Gasteiger partial charge in [-0.3, -0.25) is 0 Å². The third-order valence-electron chi connectivity index (χ3n) is 2.55. The van der Waals surface area contributed by atoms with Crippen molar-refractivity contribution in [1.29, 1.82) is 0 Å². The highest BCUT2D eigenvalue weighted by molar-refractivity contribution is 5.85. The third kappa shape index (κ3) is 2.42. The summed E-state index contributed by atoms with van der Waals surface area (Å²) in [4.78, 5) is 3.94. The number of hydrogen-bond donors (Lipinski definition) is 1. The second kappa shape index (κ2) is 4.58. The van der Waals surface area contributed by atoms with E-state index in [9.17, 15) is 0 Å². The number of nitrogens with two attached hydrogens (primary N) is 1. The van der Waals surface area contributed by atoms with Crippen molar-refractivity contribution in [2.45, 2.75) is 37.8 Å². The lowest BCUT2D eigenvalue weighted by atomic mass is 9.92. The molecule has 13 heavy (non-hydrogen) atoms. The van der Waals surface area contributed by atoms with Gasteiger partial charge in [0.15, 0.2) is 0 Å². The first-order valence-corrected chi connectivity index (χ1v) is 4.46. The Hall–Kier alpha value is -0.610. The van der Waals surface area contributed by atoms with Crippen LogP contribution in [0.4, 0.5) is 0 Å². The van der Waals surface area contributed by atoms with Gasteiger partial charge in [0.05, 0.1) is 6.04 Å². The van der Waals surface area contributed by atoms with Gasteiger partial charge in [0.25, 0.3) is 0 Å². The van der Waals surface area contributed by atoms with E-state index in [1.807, 2.05) is 4.68 Å². The van der Waals surface area contributed by atoms with Crippen molar-refractivity contribution >= 4 is 12.4 Å². The van der Waals surface area contributed by atoms with Crippen molar-refractivity contribution in [3.63, 3.8) is 0 Å². The van der Waals surface area contributed by atoms with Gasteiger partial charge in [0.1, 0.15) is 12.7 Å². The van der Waals surface area contributed by atoms with Gasteiger partial charge in [-0.1, -0.05) is 0 Å². The molecular weight excluding hydrogens is 188 g/mol. The van der Waals surface area contributed by atoms with Gasteiger partial charge in [-0.05, 0) is 25.7 Å². The Morgan fingerprint density at radius 3 is 2.46 bits per heavy atom. The van der Waals surface area contributed by atoms with E-state index in [1.165, 1.54) is 0 Å². The largest absolute Gasteiger partial charge is 0.328 e. The fraction of sp³-hybridized carbons (Fsp3) is 0.750. The smallest absolute Gasteiger partial charge is 0.137 e. The highest BCUT2D eigenvalue weighted by Gasteiger charge is 2.19. The maximum atomic E-state index is 5.81. The van der Waals surface area contributed by atoms with Crippen LogP contribution in [-0.4, -0.2) is 20.8 Å². The van der Waals surface area contributed by atoms with Crippen LogP contribution in [0.5, 0.6) is 0 Å². The fourth-order valence-corrected chi connectivity index (χ4v) is 1.77. The van der Waals surface area contributed by atoms with E-state index >= 15 is 0 Å². The molecule has 0 unspecified atom stereocenters. The minimum absolute atomic E-state index is 0. The summed E-state index contributed by atoms with van der Waals surface area (Å²) in [5.74, 6) is 0. The van der Waals surface area contributed by atoms with Crippen LogP contribution < -0.4 is 5.73 Å². The second-order valence-electron chi connectivity index (χ2n) is 3.44. The molecule has 1 aromatic rings. The van der Waals surface area contributed by atoms with E-state index in [4.69, 9.17) is 5.73 Å². The maximum absolute atomic E-state index is 5.81. The lowest BCUT2D eigenvalue weighted by molar-refractivity contribution is 0.304. The minimum atomic E-state index is 0. The molecule has 0 spiro atoms. The van der Waals surface area contributed by atoms with E-state index in [1.54, 1.807) is 12.7 Å². The molecule has 5 heteroatoms. The molecule has 1 fully saturated rings. The van der Waals surface area contributed by atoms with Crippen LogP contribution in [0, 0.1) is 0 Å². The molecule has 0 amide bonds. The predicted octanol–water partition coefficient (Wildman–Crippen LogP) is 1.14. The van der Waals surface area contributed by atoms with Crippen molar-refractivity contribution in [3.8, 4) is 0 Å². The van der Waals surface area contributed by atoms with Crippen molar-refractivity contribution in [2.75, 3.05) is 0 Å². The molecule has 1 aliphatic carbocycles. The summed E-state index contributed by atoms with van der Waals surface area (Å²) in [7, 11) is 0. The van der Waals surface area contributed by atoms with Crippen LogP contribution >= 0.6 is 12.4 Å². The summed E-state index contributed by atoms with van der Waals surface area (Å²) in [6.07, 6.45) is 7.90. The Morgan fingerprint density at radius 2 is 1.92 bits per heavy atom.